The summed E-state index contributed by atoms with van der Waals surface area (Å²) in [6.45, 7) is 11.3. The van der Waals surface area contributed by atoms with E-state index in [1.54, 1.807) is 43.9 Å². The lowest BCUT2D eigenvalue weighted by molar-refractivity contribution is -0.0609. The van der Waals surface area contributed by atoms with Gasteiger partial charge in [-0.05, 0) is 84.8 Å². The van der Waals surface area contributed by atoms with Crippen molar-refractivity contribution in [2.24, 2.45) is 5.92 Å². The van der Waals surface area contributed by atoms with E-state index in [1.807, 2.05) is 111 Å². The SMILES string of the molecule is C[C@@H]1Cc2c([nH]c3ccccc23)[C@@H](c2ccc(C(O)C3CN(C(=O)OC(C)(C)C)C3)cc2C#N)N1CC(F)(F)CCC(C)(C)[Si](O)(c1ccccc1)c1ccccc1. The Morgan fingerprint density at radius 2 is 1.53 bits per heavy atom. The molecule has 5 aromatic rings. The van der Waals surface area contributed by atoms with Crippen molar-refractivity contribution in [2.45, 2.75) is 95.6 Å². The molecule has 11 heteroatoms. The molecule has 1 unspecified atom stereocenters. The summed E-state index contributed by atoms with van der Waals surface area (Å²) in [5.74, 6) is -3.40. The van der Waals surface area contributed by atoms with Crippen LogP contribution in [0.4, 0.5) is 13.6 Å². The van der Waals surface area contributed by atoms with Gasteiger partial charge in [-0.15, -0.1) is 0 Å². The molecule has 7 rings (SSSR count). The standard InChI is InChI=1S/C47H54F2N4O4Si/c1-31-25-39-38-19-13-14-20-40(38)51-41(39)42(37-22-21-32(26-33(37)27-50)43(54)34-28-52(29-34)44(55)57-45(2,3)4)53(31)30-47(48,49)24-23-46(5,6)58(56,35-15-9-7-10-16-35)36-17-11-8-12-18-36/h7-22,26,31,34,42-43,51,54,56H,23-25,28-30H2,1-6H3/t31-,42-,43?/m1/s1. The number of aliphatic hydroxyl groups excluding tert-OH is 1. The van der Waals surface area contributed by atoms with Crippen molar-refractivity contribution in [3.05, 3.63) is 131 Å². The largest absolute Gasteiger partial charge is 0.444 e. The van der Waals surface area contributed by atoms with Crippen LogP contribution >= 0.6 is 0 Å². The Hall–Kier alpha value is -4.86. The number of rotatable bonds is 11. The second-order valence-electron chi connectivity index (χ2n) is 17.9. The van der Waals surface area contributed by atoms with Crippen LogP contribution in [-0.2, 0) is 11.2 Å². The smallest absolute Gasteiger partial charge is 0.410 e. The molecule has 0 radical (unpaired) electrons. The number of nitrogens with one attached hydrogen (secondary N) is 1. The molecule has 1 amide bonds. The number of ether oxygens (including phenoxy) is 1. The van der Waals surface area contributed by atoms with Gasteiger partial charge in [0.2, 0.25) is 0 Å². The van der Waals surface area contributed by atoms with E-state index in [-0.39, 0.29) is 18.4 Å². The third kappa shape index (κ3) is 7.95. The molecule has 8 nitrogen and oxygen atoms in total. The summed E-state index contributed by atoms with van der Waals surface area (Å²) in [5, 5.41) is 23.7. The van der Waals surface area contributed by atoms with E-state index in [9.17, 15) is 20.0 Å². The summed E-state index contributed by atoms with van der Waals surface area (Å²) in [6, 6.07) is 33.4. The summed E-state index contributed by atoms with van der Waals surface area (Å²) in [5.41, 5.74) is 3.49. The van der Waals surface area contributed by atoms with Gasteiger partial charge in [-0.25, -0.2) is 13.6 Å². The van der Waals surface area contributed by atoms with Crippen LogP contribution < -0.4 is 10.4 Å². The first-order valence-corrected chi connectivity index (χ1v) is 22.1. The number of para-hydroxylation sites is 1. The lowest BCUT2D eigenvalue weighted by Crippen LogP contribution is -2.65. The highest BCUT2D eigenvalue weighted by atomic mass is 28.4. The zero-order valence-corrected chi connectivity index (χ0v) is 35.2. The molecule has 2 aliphatic heterocycles. The Kier molecular flexibility index (Phi) is 11.2. The van der Waals surface area contributed by atoms with E-state index in [2.05, 4.69) is 11.1 Å². The van der Waals surface area contributed by atoms with Gasteiger partial charge in [0.1, 0.15) is 5.60 Å². The predicted molar refractivity (Wildman–Crippen MR) is 226 cm³/mol. The molecule has 4 aromatic carbocycles. The van der Waals surface area contributed by atoms with Crippen molar-refractivity contribution in [3.63, 3.8) is 0 Å². The third-order valence-corrected chi connectivity index (χ3v) is 16.8. The van der Waals surface area contributed by atoms with E-state index >= 15 is 8.78 Å². The van der Waals surface area contributed by atoms with Crippen LogP contribution in [0.3, 0.4) is 0 Å². The Labute approximate surface area is 341 Å². The summed E-state index contributed by atoms with van der Waals surface area (Å²) < 4.78 is 39.0. The number of likely N-dealkylation sites (tertiary alicyclic amines) is 1. The Bertz CT molecular complexity index is 2260. The second kappa shape index (κ2) is 15.7. The molecule has 0 bridgehead atoms. The zero-order chi connectivity index (χ0) is 41.6. The van der Waals surface area contributed by atoms with Crippen molar-refractivity contribution in [2.75, 3.05) is 19.6 Å². The molecule has 0 spiro atoms. The quantitative estimate of drug-likeness (QED) is 0.116. The van der Waals surface area contributed by atoms with Crippen LogP contribution in [0.2, 0.25) is 5.04 Å². The molecule has 3 atom stereocenters. The van der Waals surface area contributed by atoms with Gasteiger partial charge >= 0.3 is 6.09 Å². The molecule has 0 saturated carbocycles. The summed E-state index contributed by atoms with van der Waals surface area (Å²) in [6.07, 6.45) is -1.19. The average molecular weight is 805 g/mol. The number of H-pyrrole nitrogens is 1. The number of aromatic amines is 1. The number of aliphatic hydroxyl groups is 1. The molecule has 1 saturated heterocycles. The molecular formula is C47H54F2N4O4Si. The molecule has 1 fully saturated rings. The number of amides is 1. The average Bonchev–Trinajstić information content (AvgIpc) is 3.54. The highest BCUT2D eigenvalue weighted by Crippen LogP contribution is 2.46. The third-order valence-electron chi connectivity index (χ3n) is 12.3. The highest BCUT2D eigenvalue weighted by Gasteiger charge is 2.52. The minimum Gasteiger partial charge on any atom is -0.444 e. The molecule has 1 aromatic heterocycles. The Morgan fingerprint density at radius 1 is 0.931 bits per heavy atom. The monoisotopic (exact) mass is 804 g/mol. The number of carbonyl (C=O) groups excluding carboxylic acids is 1. The Balaban J connectivity index is 1.18. The van der Waals surface area contributed by atoms with E-state index < -0.39 is 56.1 Å². The predicted octanol–water partition coefficient (Wildman–Crippen LogP) is 8.22. The van der Waals surface area contributed by atoms with Crippen LogP contribution in [0.25, 0.3) is 10.9 Å². The van der Waals surface area contributed by atoms with Gasteiger partial charge in [0.15, 0.2) is 0 Å². The van der Waals surface area contributed by atoms with Crippen LogP contribution in [0, 0.1) is 17.2 Å². The molecule has 2 aliphatic rings. The molecule has 3 N–H and O–H groups in total. The summed E-state index contributed by atoms with van der Waals surface area (Å²) >= 11 is 0. The first-order chi connectivity index (χ1) is 27.4. The topological polar surface area (TPSA) is 113 Å². The molecule has 0 aliphatic carbocycles. The Morgan fingerprint density at radius 3 is 2.14 bits per heavy atom. The van der Waals surface area contributed by atoms with Crippen molar-refractivity contribution < 1.29 is 28.2 Å². The van der Waals surface area contributed by atoms with Gasteiger partial charge < -0.3 is 24.5 Å². The molecule has 304 valence electrons. The minimum absolute atomic E-state index is 0.0829. The summed E-state index contributed by atoms with van der Waals surface area (Å²) in [4.78, 5) is 32.1. The van der Waals surface area contributed by atoms with E-state index in [0.29, 0.717) is 36.2 Å². The van der Waals surface area contributed by atoms with Crippen molar-refractivity contribution in [1.29, 1.82) is 5.26 Å². The van der Waals surface area contributed by atoms with Crippen LogP contribution in [-0.4, -0.2) is 76.3 Å². The van der Waals surface area contributed by atoms with Crippen LogP contribution in [0.5, 0.6) is 0 Å². The number of carbonyl (C=O) groups is 1. The lowest BCUT2D eigenvalue weighted by atomic mass is 9.84. The fraction of sp³-hybridized carbons (Fsp3) is 0.404. The zero-order valence-electron chi connectivity index (χ0n) is 34.2. The minimum atomic E-state index is -3.51. The number of hydrogen-bond donors (Lipinski definition) is 3. The van der Waals surface area contributed by atoms with Gasteiger partial charge in [-0.1, -0.05) is 105 Å². The first-order valence-electron chi connectivity index (χ1n) is 20.2. The molecular weight excluding hydrogens is 751 g/mol. The van der Waals surface area contributed by atoms with Crippen molar-refractivity contribution in [1.82, 2.24) is 14.8 Å². The maximum absolute atomic E-state index is 16.8. The van der Waals surface area contributed by atoms with E-state index in [4.69, 9.17) is 4.74 Å². The first kappa shape index (κ1) is 41.3. The number of fused-ring (bicyclic) bond motifs is 3. The van der Waals surface area contributed by atoms with Crippen LogP contribution in [0.1, 0.15) is 94.5 Å². The van der Waals surface area contributed by atoms with E-state index in [0.717, 1.165) is 32.5 Å². The molecule has 58 heavy (non-hydrogen) atoms. The van der Waals surface area contributed by atoms with Gasteiger partial charge in [-0.3, -0.25) is 4.90 Å². The van der Waals surface area contributed by atoms with Crippen LogP contribution in [0.15, 0.2) is 103 Å². The number of nitrogens with zero attached hydrogens (tertiary/aromatic N) is 3. The van der Waals surface area contributed by atoms with Gasteiger partial charge in [0, 0.05) is 48.1 Å². The maximum Gasteiger partial charge on any atom is 0.410 e. The molecule has 3 heterocycles. The van der Waals surface area contributed by atoms with Gasteiger partial charge in [0.25, 0.3) is 14.2 Å². The number of hydrogen-bond acceptors (Lipinski definition) is 6. The fourth-order valence-electron chi connectivity index (χ4n) is 8.97. The highest BCUT2D eigenvalue weighted by molar-refractivity contribution is 6.98. The number of halogens is 2. The van der Waals surface area contributed by atoms with Gasteiger partial charge in [-0.2, -0.15) is 5.26 Å². The fourth-order valence-corrected chi connectivity index (χ4v) is 12.7. The number of alkyl halides is 2. The van der Waals surface area contributed by atoms with Crippen molar-refractivity contribution >= 4 is 35.7 Å². The number of aromatic nitrogens is 1. The number of benzene rings is 4. The number of nitriles is 1. The lowest BCUT2D eigenvalue weighted by Gasteiger charge is -2.44. The second-order valence-corrected chi connectivity index (χ2v) is 21.9. The van der Waals surface area contributed by atoms with Crippen molar-refractivity contribution in [3.8, 4) is 6.07 Å². The maximum atomic E-state index is 16.8. The summed E-state index contributed by atoms with van der Waals surface area (Å²) in [7, 11) is -3.51. The van der Waals surface area contributed by atoms with E-state index in [1.165, 1.54) is 0 Å². The normalized spacial score (nSPS) is 18.7. The van der Waals surface area contributed by atoms with Gasteiger partial charge in [0.05, 0.1) is 30.3 Å².